The van der Waals surface area contributed by atoms with E-state index in [2.05, 4.69) is 62.3 Å². The van der Waals surface area contributed by atoms with Gasteiger partial charge in [0, 0.05) is 18.8 Å². The Bertz CT molecular complexity index is 561. The van der Waals surface area contributed by atoms with E-state index in [1.165, 1.54) is 22.3 Å². The molecule has 0 saturated carbocycles. The van der Waals surface area contributed by atoms with Crippen LogP contribution in [0.5, 0.6) is 0 Å². The first-order valence-corrected chi connectivity index (χ1v) is 6.79. The van der Waals surface area contributed by atoms with Crippen LogP contribution in [0.25, 0.3) is 0 Å². The highest BCUT2D eigenvalue weighted by atomic mass is 14.9. The summed E-state index contributed by atoms with van der Waals surface area (Å²) in [5.41, 5.74) is 6.38. The number of nitrogens with one attached hydrogen (secondary N) is 1. The van der Waals surface area contributed by atoms with Gasteiger partial charge in [-0.05, 0) is 56.0 Å². The Morgan fingerprint density at radius 2 is 1.84 bits per heavy atom. The molecule has 0 fully saturated rings. The van der Waals surface area contributed by atoms with Crippen molar-refractivity contribution in [1.82, 2.24) is 10.3 Å². The highest BCUT2D eigenvalue weighted by Gasteiger charge is 2.07. The number of hydrogen-bond donors (Lipinski definition) is 1. The van der Waals surface area contributed by atoms with Crippen LogP contribution in [0.15, 0.2) is 36.5 Å². The van der Waals surface area contributed by atoms with E-state index in [0.29, 0.717) is 6.04 Å². The van der Waals surface area contributed by atoms with Crippen molar-refractivity contribution in [3.8, 4) is 0 Å². The monoisotopic (exact) mass is 254 g/mol. The molecule has 2 nitrogen and oxygen atoms in total. The van der Waals surface area contributed by atoms with Gasteiger partial charge in [0.15, 0.2) is 0 Å². The van der Waals surface area contributed by atoms with Crippen LogP contribution in [0.1, 0.15) is 40.9 Å². The summed E-state index contributed by atoms with van der Waals surface area (Å²) in [5.74, 6) is 0. The van der Waals surface area contributed by atoms with Crippen LogP contribution in [-0.4, -0.2) is 4.98 Å². The van der Waals surface area contributed by atoms with Crippen molar-refractivity contribution in [1.29, 1.82) is 0 Å². The number of hydrogen-bond acceptors (Lipinski definition) is 2. The van der Waals surface area contributed by atoms with E-state index in [9.17, 15) is 0 Å². The van der Waals surface area contributed by atoms with Crippen molar-refractivity contribution >= 4 is 0 Å². The molecule has 100 valence electrons. The Morgan fingerprint density at radius 3 is 2.53 bits per heavy atom. The summed E-state index contributed by atoms with van der Waals surface area (Å²) in [6, 6.07) is 11.1. The fourth-order valence-electron chi connectivity index (χ4n) is 2.11. The Kier molecular flexibility index (Phi) is 4.33. The van der Waals surface area contributed by atoms with Gasteiger partial charge in [-0.25, -0.2) is 0 Å². The number of rotatable bonds is 4. The van der Waals surface area contributed by atoms with Gasteiger partial charge < -0.3 is 5.32 Å². The first-order chi connectivity index (χ1) is 9.08. The van der Waals surface area contributed by atoms with E-state index >= 15 is 0 Å². The van der Waals surface area contributed by atoms with Gasteiger partial charge in [0.2, 0.25) is 0 Å². The smallest absolute Gasteiger partial charge is 0.0570 e. The predicted octanol–water partition coefficient (Wildman–Crippen LogP) is 3.86. The topological polar surface area (TPSA) is 24.9 Å². The molecule has 1 heterocycles. The normalized spacial score (nSPS) is 12.4. The van der Waals surface area contributed by atoms with Gasteiger partial charge in [-0.15, -0.1) is 0 Å². The second-order valence-corrected chi connectivity index (χ2v) is 5.21. The number of pyridine rings is 1. The summed E-state index contributed by atoms with van der Waals surface area (Å²) in [4.78, 5) is 4.41. The van der Waals surface area contributed by atoms with Crippen molar-refractivity contribution in [2.45, 2.75) is 40.3 Å². The van der Waals surface area contributed by atoms with Crippen molar-refractivity contribution < 1.29 is 0 Å². The molecule has 0 spiro atoms. The summed E-state index contributed by atoms with van der Waals surface area (Å²) in [5, 5.41) is 3.54. The average Bonchev–Trinajstić information content (AvgIpc) is 2.40. The SMILES string of the molecule is Cc1ccc(C(C)NCc2ncccc2C)cc1C. The molecule has 2 aromatic rings. The van der Waals surface area contributed by atoms with Crippen LogP contribution >= 0.6 is 0 Å². The molecule has 0 amide bonds. The van der Waals surface area contributed by atoms with E-state index in [1.54, 1.807) is 0 Å². The zero-order chi connectivity index (χ0) is 13.8. The van der Waals surface area contributed by atoms with Crippen LogP contribution in [-0.2, 0) is 6.54 Å². The van der Waals surface area contributed by atoms with Gasteiger partial charge in [-0.1, -0.05) is 24.3 Å². The molecule has 1 N–H and O–H groups in total. The molecule has 2 rings (SSSR count). The summed E-state index contributed by atoms with van der Waals surface area (Å²) in [6.45, 7) is 9.41. The van der Waals surface area contributed by atoms with Crippen LogP contribution in [0.3, 0.4) is 0 Å². The van der Waals surface area contributed by atoms with Gasteiger partial charge in [-0.2, -0.15) is 0 Å². The minimum Gasteiger partial charge on any atom is -0.305 e. The number of benzene rings is 1. The quantitative estimate of drug-likeness (QED) is 0.896. The zero-order valence-corrected chi connectivity index (χ0v) is 12.2. The molecule has 1 aromatic heterocycles. The molecule has 19 heavy (non-hydrogen) atoms. The second kappa shape index (κ2) is 5.98. The first-order valence-electron chi connectivity index (χ1n) is 6.79. The van der Waals surface area contributed by atoms with Crippen molar-refractivity contribution in [3.05, 3.63) is 64.5 Å². The summed E-state index contributed by atoms with van der Waals surface area (Å²) < 4.78 is 0. The first kappa shape index (κ1) is 13.8. The Morgan fingerprint density at radius 1 is 1.05 bits per heavy atom. The van der Waals surface area contributed by atoms with Gasteiger partial charge in [0.25, 0.3) is 0 Å². The highest BCUT2D eigenvalue weighted by Crippen LogP contribution is 2.17. The average molecular weight is 254 g/mol. The third kappa shape index (κ3) is 3.42. The van der Waals surface area contributed by atoms with Gasteiger partial charge >= 0.3 is 0 Å². The molecule has 1 aromatic carbocycles. The molecular formula is C17H22N2. The maximum atomic E-state index is 4.41. The minimum absolute atomic E-state index is 0.334. The molecule has 0 aliphatic heterocycles. The summed E-state index contributed by atoms with van der Waals surface area (Å²) >= 11 is 0. The van der Waals surface area contributed by atoms with Gasteiger partial charge in [0.05, 0.1) is 5.69 Å². The molecular weight excluding hydrogens is 232 g/mol. The molecule has 0 bridgehead atoms. The third-order valence-corrected chi connectivity index (χ3v) is 3.72. The van der Waals surface area contributed by atoms with Crippen molar-refractivity contribution in [3.63, 3.8) is 0 Å². The molecule has 2 heteroatoms. The van der Waals surface area contributed by atoms with Crippen molar-refractivity contribution in [2.24, 2.45) is 0 Å². The lowest BCUT2D eigenvalue weighted by atomic mass is 10.0. The van der Waals surface area contributed by atoms with E-state index in [4.69, 9.17) is 0 Å². The Labute approximate surface area is 115 Å². The van der Waals surface area contributed by atoms with Gasteiger partial charge in [-0.3, -0.25) is 4.98 Å². The predicted molar refractivity (Wildman–Crippen MR) is 80.1 cm³/mol. The van der Waals surface area contributed by atoms with E-state index in [1.807, 2.05) is 12.3 Å². The number of aryl methyl sites for hydroxylation is 3. The van der Waals surface area contributed by atoms with Crippen LogP contribution in [0.4, 0.5) is 0 Å². The maximum Gasteiger partial charge on any atom is 0.0570 e. The van der Waals surface area contributed by atoms with Crippen molar-refractivity contribution in [2.75, 3.05) is 0 Å². The Balaban J connectivity index is 2.03. The summed E-state index contributed by atoms with van der Waals surface area (Å²) in [7, 11) is 0. The minimum atomic E-state index is 0.334. The van der Waals surface area contributed by atoms with Crippen LogP contribution in [0.2, 0.25) is 0 Å². The molecule has 1 atom stereocenters. The maximum absolute atomic E-state index is 4.41. The summed E-state index contributed by atoms with van der Waals surface area (Å²) in [6.07, 6.45) is 1.85. The van der Waals surface area contributed by atoms with E-state index in [-0.39, 0.29) is 0 Å². The zero-order valence-electron chi connectivity index (χ0n) is 12.2. The lowest BCUT2D eigenvalue weighted by Gasteiger charge is -2.16. The molecule has 1 unspecified atom stereocenters. The van der Waals surface area contributed by atoms with E-state index in [0.717, 1.165) is 12.2 Å². The third-order valence-electron chi connectivity index (χ3n) is 3.72. The van der Waals surface area contributed by atoms with Crippen LogP contribution < -0.4 is 5.32 Å². The van der Waals surface area contributed by atoms with Crippen LogP contribution in [0, 0.1) is 20.8 Å². The lowest BCUT2D eigenvalue weighted by Crippen LogP contribution is -2.19. The Hall–Kier alpha value is -1.67. The lowest BCUT2D eigenvalue weighted by molar-refractivity contribution is 0.566. The van der Waals surface area contributed by atoms with E-state index < -0.39 is 0 Å². The number of nitrogens with zero attached hydrogens (tertiary/aromatic N) is 1. The standard InChI is InChI=1S/C17H22N2/c1-12-7-8-16(10-14(12)3)15(4)19-11-17-13(2)6-5-9-18-17/h5-10,15,19H,11H2,1-4H3. The fourth-order valence-corrected chi connectivity index (χ4v) is 2.11. The molecule has 0 radical (unpaired) electrons. The molecule has 0 aliphatic rings. The largest absolute Gasteiger partial charge is 0.305 e. The fraction of sp³-hybridized carbons (Fsp3) is 0.353. The highest BCUT2D eigenvalue weighted by molar-refractivity contribution is 5.31. The molecule has 0 aliphatic carbocycles. The molecule has 0 saturated heterocycles. The number of aromatic nitrogens is 1. The van der Waals surface area contributed by atoms with Gasteiger partial charge in [0.1, 0.15) is 0 Å². The second-order valence-electron chi connectivity index (χ2n) is 5.21.